The fourth-order valence-electron chi connectivity index (χ4n) is 1.05. The second-order valence-electron chi connectivity index (χ2n) is 2.69. The molecule has 0 aliphatic carbocycles. The van der Waals surface area contributed by atoms with Crippen LogP contribution in [0, 0.1) is 0 Å². The molecule has 0 aromatic rings. The Bertz CT molecular complexity index is 50.1. The van der Waals surface area contributed by atoms with Gasteiger partial charge in [0.1, 0.15) is 0 Å². The molecule has 1 nitrogen and oxygen atoms in total. The van der Waals surface area contributed by atoms with E-state index < -0.39 is 0 Å². The van der Waals surface area contributed by atoms with Crippen molar-refractivity contribution in [2.75, 3.05) is 19.8 Å². The van der Waals surface area contributed by atoms with Gasteiger partial charge in [-0.3, -0.25) is 0 Å². The molecular formula is C8H17I2N-2. The quantitative estimate of drug-likeness (QED) is 0.253. The topological polar surface area (TPSA) is 12.0 Å². The molecule has 0 radical (unpaired) electrons. The van der Waals surface area contributed by atoms with E-state index in [1.54, 1.807) is 13.3 Å². The van der Waals surface area contributed by atoms with Crippen LogP contribution >= 0.6 is 0 Å². The molecule has 1 aliphatic rings. The van der Waals surface area contributed by atoms with E-state index >= 15 is 0 Å². The first-order chi connectivity index (χ1) is 5.50. The molecule has 0 bridgehead atoms. The molecule has 0 unspecified atom stereocenters. The van der Waals surface area contributed by atoms with Gasteiger partial charge in [-0.05, 0) is 0 Å². The molecule has 1 fully saturated rings. The molecule has 1 aliphatic heterocycles. The van der Waals surface area contributed by atoms with Crippen LogP contribution in [-0.2, 0) is 0 Å². The van der Waals surface area contributed by atoms with Crippen molar-refractivity contribution >= 4 is 0 Å². The van der Waals surface area contributed by atoms with Gasteiger partial charge in [0.15, 0.2) is 0 Å². The summed E-state index contributed by atoms with van der Waals surface area (Å²) in [7, 11) is 0. The third kappa shape index (κ3) is 6.57. The molecular weight excluding hydrogens is 364 g/mol. The standard InChI is InChI=1S/C8H17I2N/c1-2-4-8-11-10-7-6-9-5-3-1/h11H,1-8H2/q-2. The van der Waals surface area contributed by atoms with Crippen molar-refractivity contribution in [3.8, 4) is 0 Å². The minimum atomic E-state index is 0.405. The zero-order chi connectivity index (χ0) is 7.78. The second-order valence-corrected chi connectivity index (χ2v) is 8.53. The van der Waals surface area contributed by atoms with Gasteiger partial charge in [0.2, 0.25) is 0 Å². The first-order valence-corrected chi connectivity index (χ1v) is 10.00. The van der Waals surface area contributed by atoms with E-state index in [0.29, 0.717) is 42.7 Å². The Morgan fingerprint density at radius 1 is 0.818 bits per heavy atom. The van der Waals surface area contributed by atoms with Crippen LogP contribution in [-0.4, -0.2) is 19.8 Å². The van der Waals surface area contributed by atoms with Gasteiger partial charge in [-0.1, -0.05) is 0 Å². The second kappa shape index (κ2) is 8.04. The minimum absolute atomic E-state index is 0.405. The van der Waals surface area contributed by atoms with E-state index in [2.05, 4.69) is 3.53 Å². The third-order valence-corrected chi connectivity index (χ3v) is 8.73. The van der Waals surface area contributed by atoms with Crippen molar-refractivity contribution in [3.63, 3.8) is 0 Å². The SMILES string of the molecule is C1CCC[I-]CC[I-]NCC1. The Balaban J connectivity index is 2.02. The average Bonchev–Trinajstić information content (AvgIpc) is 2.08. The Labute approximate surface area is 91.0 Å². The van der Waals surface area contributed by atoms with Gasteiger partial charge in [0.05, 0.1) is 0 Å². The van der Waals surface area contributed by atoms with E-state index in [1.165, 1.54) is 32.2 Å². The molecule has 0 amide bonds. The fourth-order valence-corrected chi connectivity index (χ4v) is 7.60. The molecule has 1 N–H and O–H groups in total. The van der Waals surface area contributed by atoms with Crippen LogP contribution < -0.4 is 46.2 Å². The van der Waals surface area contributed by atoms with Crippen LogP contribution in [0.2, 0.25) is 0 Å². The number of rotatable bonds is 0. The summed E-state index contributed by atoms with van der Waals surface area (Å²) in [5.74, 6) is 0. The predicted molar refractivity (Wildman–Crippen MR) is 41.1 cm³/mol. The van der Waals surface area contributed by atoms with Crippen molar-refractivity contribution in [3.05, 3.63) is 0 Å². The van der Waals surface area contributed by atoms with Crippen LogP contribution in [0.15, 0.2) is 0 Å². The van der Waals surface area contributed by atoms with E-state index in [1.807, 2.05) is 0 Å². The van der Waals surface area contributed by atoms with Gasteiger partial charge in [0, 0.05) is 0 Å². The number of hydrogen-bond acceptors (Lipinski definition) is 1. The summed E-state index contributed by atoms with van der Waals surface area (Å²) in [5, 5.41) is 0. The Hall–Kier alpha value is 1.42. The van der Waals surface area contributed by atoms with Gasteiger partial charge in [-0.2, -0.15) is 0 Å². The number of hydrogen-bond donors (Lipinski definition) is 1. The summed E-state index contributed by atoms with van der Waals surface area (Å²) in [4.78, 5) is 0. The zero-order valence-electron chi connectivity index (χ0n) is 6.91. The summed E-state index contributed by atoms with van der Waals surface area (Å²) >= 11 is 1.02. The van der Waals surface area contributed by atoms with Crippen molar-refractivity contribution in [1.29, 1.82) is 0 Å². The van der Waals surface area contributed by atoms with Gasteiger partial charge in [-0.15, -0.1) is 0 Å². The summed E-state index contributed by atoms with van der Waals surface area (Å²) in [6, 6.07) is 0. The molecule has 0 atom stereocenters. The van der Waals surface area contributed by atoms with Crippen LogP contribution in [0.4, 0.5) is 0 Å². The van der Waals surface area contributed by atoms with Crippen LogP contribution in [0.1, 0.15) is 25.7 Å². The average molecular weight is 381 g/mol. The van der Waals surface area contributed by atoms with Gasteiger partial charge < -0.3 is 0 Å². The first kappa shape index (κ1) is 10.5. The summed E-state index contributed by atoms with van der Waals surface area (Å²) in [5.41, 5.74) is 0. The monoisotopic (exact) mass is 381 g/mol. The molecule has 1 rings (SSSR count). The number of halogens is 2. The molecule has 0 spiro atoms. The van der Waals surface area contributed by atoms with E-state index in [4.69, 9.17) is 0 Å². The molecule has 0 aromatic carbocycles. The molecule has 0 aromatic heterocycles. The van der Waals surface area contributed by atoms with Gasteiger partial charge in [0.25, 0.3) is 0 Å². The fraction of sp³-hybridized carbons (Fsp3) is 1.00. The summed E-state index contributed by atoms with van der Waals surface area (Å²) < 4.78 is 8.35. The van der Waals surface area contributed by atoms with Crippen LogP contribution in [0.3, 0.4) is 0 Å². The third-order valence-electron chi connectivity index (χ3n) is 1.68. The molecule has 11 heavy (non-hydrogen) atoms. The molecule has 1 saturated heterocycles. The summed E-state index contributed by atoms with van der Waals surface area (Å²) in [6.07, 6.45) is 5.93. The van der Waals surface area contributed by atoms with E-state index in [-0.39, 0.29) is 0 Å². The number of nitrogens with one attached hydrogen (secondary N) is 1. The Morgan fingerprint density at radius 2 is 1.73 bits per heavy atom. The van der Waals surface area contributed by atoms with E-state index in [9.17, 15) is 0 Å². The van der Waals surface area contributed by atoms with Crippen molar-refractivity contribution in [1.82, 2.24) is 3.53 Å². The van der Waals surface area contributed by atoms with Crippen LogP contribution in [0.25, 0.3) is 0 Å². The maximum absolute atomic E-state index is 3.61. The van der Waals surface area contributed by atoms with Crippen molar-refractivity contribution in [2.45, 2.75) is 25.7 Å². The maximum atomic E-state index is 3.61. The molecule has 0 saturated carbocycles. The van der Waals surface area contributed by atoms with Crippen molar-refractivity contribution in [2.24, 2.45) is 0 Å². The molecule has 70 valence electrons. The van der Waals surface area contributed by atoms with E-state index in [0.717, 1.165) is 0 Å². The van der Waals surface area contributed by atoms with Gasteiger partial charge in [-0.25, -0.2) is 0 Å². The molecule has 1 heterocycles. The number of alkyl halides is 3. The first-order valence-electron chi connectivity index (χ1n) is 4.34. The Kier molecular flexibility index (Phi) is 7.67. The van der Waals surface area contributed by atoms with Gasteiger partial charge >= 0.3 is 91.7 Å². The summed E-state index contributed by atoms with van der Waals surface area (Å²) in [6.45, 7) is 1.31. The van der Waals surface area contributed by atoms with Crippen molar-refractivity contribution < 1.29 is 42.7 Å². The normalized spacial score (nSPS) is 25.5. The molecule has 3 heteroatoms. The zero-order valence-corrected chi connectivity index (χ0v) is 11.2. The Morgan fingerprint density at radius 3 is 2.73 bits per heavy atom. The van der Waals surface area contributed by atoms with Crippen LogP contribution in [0.5, 0.6) is 0 Å². The predicted octanol–water partition coefficient (Wildman–Crippen LogP) is -4.76.